The first-order chi connectivity index (χ1) is 10.5. The smallest absolute Gasteiger partial charge is 0.284 e. The lowest BCUT2D eigenvalue weighted by atomic mass is 10.4. The third-order valence-electron chi connectivity index (χ3n) is 2.39. The van der Waals surface area contributed by atoms with Gasteiger partial charge in [0.2, 0.25) is 5.91 Å². The number of alkyl halides is 2. The fourth-order valence-corrected chi connectivity index (χ4v) is 2.73. The van der Waals surface area contributed by atoms with Crippen LogP contribution in [0.5, 0.6) is 0 Å². The maximum Gasteiger partial charge on any atom is 0.284 e. The fourth-order valence-electron chi connectivity index (χ4n) is 1.52. The number of aryl methyl sites for hydroxylation is 1. The summed E-state index contributed by atoms with van der Waals surface area (Å²) in [5.74, 6) is -1.82. The van der Waals surface area contributed by atoms with Crippen molar-refractivity contribution in [1.82, 2.24) is 10.4 Å². The summed E-state index contributed by atoms with van der Waals surface area (Å²) in [4.78, 5) is 15.8. The van der Waals surface area contributed by atoms with Gasteiger partial charge in [-0.25, -0.2) is 10.4 Å². The molecule has 0 atom stereocenters. The van der Waals surface area contributed by atoms with Gasteiger partial charge in [-0.3, -0.25) is 4.79 Å². The van der Waals surface area contributed by atoms with Crippen LogP contribution in [0.25, 0.3) is 0 Å². The highest BCUT2D eigenvalue weighted by atomic mass is 32.2. The van der Waals surface area contributed by atoms with Crippen LogP contribution in [0.2, 0.25) is 0 Å². The van der Waals surface area contributed by atoms with E-state index in [1.165, 1.54) is 17.6 Å². The second-order valence-corrected chi connectivity index (χ2v) is 6.15. The number of nitrogens with one attached hydrogen (secondary N) is 1. The number of carbonyl (C=O) groups excluding carboxylic acids is 1. The Hall–Kier alpha value is -1.74. The zero-order chi connectivity index (χ0) is 15.9. The molecule has 0 spiro atoms. The van der Waals surface area contributed by atoms with Gasteiger partial charge in [-0.1, -0.05) is 11.8 Å². The van der Waals surface area contributed by atoms with Crippen molar-refractivity contribution in [3.63, 3.8) is 0 Å². The summed E-state index contributed by atoms with van der Waals surface area (Å²) in [5, 5.41) is 6.34. The van der Waals surface area contributed by atoms with Gasteiger partial charge in [0, 0.05) is 11.1 Å². The molecule has 2 rings (SSSR count). The molecule has 2 aromatic rings. The van der Waals surface area contributed by atoms with E-state index in [2.05, 4.69) is 15.5 Å². The molecular weight excluding hydrogens is 332 g/mol. The Morgan fingerprint density at radius 3 is 3.09 bits per heavy atom. The molecule has 22 heavy (non-hydrogen) atoms. The van der Waals surface area contributed by atoms with Gasteiger partial charge in [0.15, 0.2) is 0 Å². The highest BCUT2D eigenvalue weighted by Crippen LogP contribution is 2.20. The topological polar surface area (TPSA) is 67.5 Å². The minimum Gasteiger partial charge on any atom is -0.459 e. The van der Waals surface area contributed by atoms with Crippen molar-refractivity contribution in [2.75, 3.05) is 0 Å². The minimum atomic E-state index is -2.43. The second-order valence-electron chi connectivity index (χ2n) is 4.23. The summed E-state index contributed by atoms with van der Waals surface area (Å²) in [5.41, 5.74) is 3.24. The molecule has 1 amide bonds. The average Bonchev–Trinajstić information content (AvgIpc) is 3.06. The molecule has 1 N–H and O–H groups in total. The minimum absolute atomic E-state index is 0.0846. The number of hydrazone groups is 1. The molecule has 5 nitrogen and oxygen atoms in total. The molecule has 0 unspecified atom stereocenters. The molecule has 0 aliphatic rings. The van der Waals surface area contributed by atoms with Crippen molar-refractivity contribution in [1.29, 1.82) is 0 Å². The van der Waals surface area contributed by atoms with Crippen molar-refractivity contribution < 1.29 is 18.0 Å². The second kappa shape index (κ2) is 8.04. The van der Waals surface area contributed by atoms with Gasteiger partial charge >= 0.3 is 0 Å². The lowest BCUT2D eigenvalue weighted by molar-refractivity contribution is -0.120. The van der Waals surface area contributed by atoms with Crippen LogP contribution in [0.15, 0.2) is 27.0 Å². The molecule has 2 aromatic heterocycles. The average molecular weight is 345 g/mol. The first-order valence-electron chi connectivity index (χ1n) is 6.24. The number of halogens is 2. The van der Waals surface area contributed by atoms with Gasteiger partial charge in [-0.05, 0) is 19.1 Å². The number of furan rings is 1. The molecule has 0 saturated carbocycles. The number of nitrogens with zero attached hydrogens (tertiary/aromatic N) is 2. The number of amides is 1. The van der Waals surface area contributed by atoms with Gasteiger partial charge in [0.1, 0.15) is 16.5 Å². The van der Waals surface area contributed by atoms with E-state index in [1.54, 1.807) is 12.1 Å². The lowest BCUT2D eigenvalue weighted by Crippen LogP contribution is -2.19. The number of thioether (sulfide) groups is 1. The first-order valence-corrected chi connectivity index (χ1v) is 8.17. The number of hydrogen-bond acceptors (Lipinski definition) is 6. The van der Waals surface area contributed by atoms with E-state index in [9.17, 15) is 13.6 Å². The standard InChI is InChI=1S/C13H13F2N3O2S2/c1-8-6-21-12(17-8)4-11(19)18-16-5-9-2-3-10(20-9)7-22-13(14)15/h2-3,5-6,13H,4,7H2,1H3,(H,18,19)/b16-5-. The Bertz CT molecular complexity index is 655. The molecule has 0 saturated heterocycles. The predicted molar refractivity (Wildman–Crippen MR) is 82.3 cm³/mol. The molecule has 0 radical (unpaired) electrons. The monoisotopic (exact) mass is 345 g/mol. The van der Waals surface area contributed by atoms with Crippen molar-refractivity contribution in [3.8, 4) is 0 Å². The molecule has 0 aromatic carbocycles. The highest BCUT2D eigenvalue weighted by molar-refractivity contribution is 7.98. The summed E-state index contributed by atoms with van der Waals surface area (Å²) in [6.07, 6.45) is 1.48. The molecule has 9 heteroatoms. The summed E-state index contributed by atoms with van der Waals surface area (Å²) in [6, 6.07) is 3.19. The number of aromatic nitrogens is 1. The van der Waals surface area contributed by atoms with Crippen LogP contribution in [0.3, 0.4) is 0 Å². The molecule has 2 heterocycles. The van der Waals surface area contributed by atoms with Crippen LogP contribution in [0, 0.1) is 6.92 Å². The van der Waals surface area contributed by atoms with Gasteiger partial charge in [0.25, 0.3) is 5.76 Å². The van der Waals surface area contributed by atoms with Gasteiger partial charge in [-0.15, -0.1) is 11.3 Å². The van der Waals surface area contributed by atoms with Crippen LogP contribution in [0.1, 0.15) is 22.2 Å². The molecular formula is C13H13F2N3O2S2. The van der Waals surface area contributed by atoms with Crippen molar-refractivity contribution in [2.24, 2.45) is 5.10 Å². The van der Waals surface area contributed by atoms with Crippen molar-refractivity contribution in [3.05, 3.63) is 39.7 Å². The number of carbonyl (C=O) groups is 1. The van der Waals surface area contributed by atoms with E-state index >= 15 is 0 Å². The van der Waals surface area contributed by atoms with Gasteiger partial charge < -0.3 is 4.42 Å². The van der Waals surface area contributed by atoms with Crippen LogP contribution in [-0.2, 0) is 17.0 Å². The number of thiazole rings is 1. The van der Waals surface area contributed by atoms with Crippen molar-refractivity contribution in [2.45, 2.75) is 24.9 Å². The fraction of sp³-hybridized carbons (Fsp3) is 0.308. The zero-order valence-corrected chi connectivity index (χ0v) is 13.2. The largest absolute Gasteiger partial charge is 0.459 e. The van der Waals surface area contributed by atoms with Gasteiger partial charge in [-0.2, -0.15) is 13.9 Å². The Balaban J connectivity index is 1.78. The third-order valence-corrected chi connectivity index (χ3v) is 4.06. The van der Waals surface area contributed by atoms with E-state index in [4.69, 9.17) is 4.42 Å². The van der Waals surface area contributed by atoms with Gasteiger partial charge in [0.05, 0.1) is 18.4 Å². The van der Waals surface area contributed by atoms with Crippen molar-refractivity contribution >= 4 is 35.2 Å². The van der Waals surface area contributed by atoms with Crippen LogP contribution in [-0.4, -0.2) is 22.9 Å². The van der Waals surface area contributed by atoms with E-state index < -0.39 is 5.76 Å². The quantitative estimate of drug-likeness (QED) is 0.618. The molecule has 0 bridgehead atoms. The lowest BCUT2D eigenvalue weighted by Gasteiger charge is -1.96. The highest BCUT2D eigenvalue weighted by Gasteiger charge is 2.07. The SMILES string of the molecule is Cc1csc(CC(=O)N/N=C\c2ccc(CSC(F)F)o2)n1. The molecule has 0 aliphatic heterocycles. The summed E-state index contributed by atoms with van der Waals surface area (Å²) in [6.45, 7) is 1.86. The van der Waals surface area contributed by atoms with Crippen LogP contribution < -0.4 is 5.43 Å². The Kier molecular flexibility index (Phi) is 6.08. The first kappa shape index (κ1) is 16.6. The van der Waals surface area contributed by atoms with E-state index in [0.29, 0.717) is 23.3 Å². The van der Waals surface area contributed by atoms with E-state index in [1.807, 2.05) is 12.3 Å². The van der Waals surface area contributed by atoms with Crippen LogP contribution in [0.4, 0.5) is 8.78 Å². The molecule has 0 fully saturated rings. The number of hydrogen-bond donors (Lipinski definition) is 1. The maximum absolute atomic E-state index is 12.0. The maximum atomic E-state index is 12.0. The summed E-state index contributed by atoms with van der Waals surface area (Å²) < 4.78 is 29.4. The zero-order valence-electron chi connectivity index (χ0n) is 11.6. The number of rotatable bonds is 7. The van der Waals surface area contributed by atoms with E-state index in [-0.39, 0.29) is 18.1 Å². The molecule has 0 aliphatic carbocycles. The Labute approximate surface area is 133 Å². The predicted octanol–water partition coefficient (Wildman–Crippen LogP) is 3.19. The normalized spacial score (nSPS) is 11.5. The van der Waals surface area contributed by atoms with Crippen LogP contribution >= 0.6 is 23.1 Å². The molecule has 118 valence electrons. The Morgan fingerprint density at radius 2 is 2.41 bits per heavy atom. The summed E-state index contributed by atoms with van der Waals surface area (Å²) in [7, 11) is 0. The summed E-state index contributed by atoms with van der Waals surface area (Å²) >= 11 is 1.90. The third kappa shape index (κ3) is 5.57. The van der Waals surface area contributed by atoms with E-state index in [0.717, 1.165) is 10.7 Å². The Morgan fingerprint density at radius 1 is 1.59 bits per heavy atom.